The quantitative estimate of drug-likeness (QED) is 0.790. The van der Waals surface area contributed by atoms with Gasteiger partial charge in [-0.1, -0.05) is 6.08 Å². The number of fused-ring (bicyclic) bond motifs is 1. The van der Waals surface area contributed by atoms with Crippen molar-refractivity contribution >= 4 is 16.6 Å². The number of hydrogen-bond acceptors (Lipinski definition) is 3. The number of benzene rings is 1. The summed E-state index contributed by atoms with van der Waals surface area (Å²) in [5.74, 6) is 0. The number of nitrogens with one attached hydrogen (secondary N) is 1. The third kappa shape index (κ3) is 1.82. The predicted molar refractivity (Wildman–Crippen MR) is 65.7 cm³/mol. The minimum atomic E-state index is -0.0350. The van der Waals surface area contributed by atoms with Crippen LogP contribution in [0.1, 0.15) is 0 Å². The van der Waals surface area contributed by atoms with Crippen LogP contribution < -0.4 is 10.9 Å². The summed E-state index contributed by atoms with van der Waals surface area (Å²) in [6, 6.07) is 5.55. The SMILES string of the molecule is C=CCNc1ccc2ncn(C)c(=O)c2c1. The summed E-state index contributed by atoms with van der Waals surface area (Å²) in [6.07, 6.45) is 3.30. The van der Waals surface area contributed by atoms with Crippen LogP contribution in [0.4, 0.5) is 5.69 Å². The van der Waals surface area contributed by atoms with Gasteiger partial charge in [-0.3, -0.25) is 4.79 Å². The smallest absolute Gasteiger partial charge is 0.260 e. The Bertz CT molecular complexity index is 586. The first-order valence-electron chi connectivity index (χ1n) is 5.02. The topological polar surface area (TPSA) is 46.9 Å². The van der Waals surface area contributed by atoms with Gasteiger partial charge in [0.1, 0.15) is 0 Å². The highest BCUT2D eigenvalue weighted by atomic mass is 16.1. The number of anilines is 1. The van der Waals surface area contributed by atoms with Crippen LogP contribution in [-0.2, 0) is 7.05 Å². The maximum atomic E-state index is 11.8. The van der Waals surface area contributed by atoms with E-state index in [1.54, 1.807) is 13.1 Å². The molecule has 0 amide bonds. The number of nitrogens with zero attached hydrogens (tertiary/aromatic N) is 2. The van der Waals surface area contributed by atoms with Gasteiger partial charge in [0.2, 0.25) is 0 Å². The second kappa shape index (κ2) is 4.18. The Morgan fingerprint density at radius 3 is 3.12 bits per heavy atom. The van der Waals surface area contributed by atoms with E-state index < -0.39 is 0 Å². The summed E-state index contributed by atoms with van der Waals surface area (Å²) < 4.78 is 1.47. The van der Waals surface area contributed by atoms with Gasteiger partial charge >= 0.3 is 0 Å². The average molecular weight is 215 g/mol. The average Bonchev–Trinajstić information content (AvgIpc) is 2.31. The second-order valence-corrected chi connectivity index (χ2v) is 3.56. The molecule has 0 unspecified atom stereocenters. The summed E-state index contributed by atoms with van der Waals surface area (Å²) in [4.78, 5) is 16.0. The van der Waals surface area contributed by atoms with Crippen LogP contribution in [0, 0.1) is 0 Å². The Kier molecular flexibility index (Phi) is 2.72. The van der Waals surface area contributed by atoms with Crippen molar-refractivity contribution in [2.45, 2.75) is 0 Å². The molecule has 2 aromatic rings. The molecule has 1 aromatic heterocycles. The summed E-state index contributed by atoms with van der Waals surface area (Å²) in [7, 11) is 1.69. The molecule has 0 saturated heterocycles. The van der Waals surface area contributed by atoms with Crippen LogP contribution in [0.15, 0.2) is 42.0 Å². The van der Waals surface area contributed by atoms with E-state index in [0.717, 1.165) is 5.69 Å². The standard InChI is InChI=1S/C12H13N3O/c1-3-6-13-9-4-5-11-10(7-9)12(16)15(2)8-14-11/h3-5,7-8,13H,1,6H2,2H3. The fourth-order valence-corrected chi connectivity index (χ4v) is 1.51. The van der Waals surface area contributed by atoms with Crippen molar-refractivity contribution in [3.05, 3.63) is 47.5 Å². The van der Waals surface area contributed by atoms with Gasteiger partial charge in [0.15, 0.2) is 0 Å². The largest absolute Gasteiger partial charge is 0.382 e. The first-order valence-corrected chi connectivity index (χ1v) is 5.02. The van der Waals surface area contributed by atoms with Crippen LogP contribution in [0.5, 0.6) is 0 Å². The zero-order valence-corrected chi connectivity index (χ0v) is 9.10. The fourth-order valence-electron chi connectivity index (χ4n) is 1.51. The lowest BCUT2D eigenvalue weighted by molar-refractivity contribution is 0.843. The van der Waals surface area contributed by atoms with Crippen LogP contribution in [0.3, 0.4) is 0 Å². The lowest BCUT2D eigenvalue weighted by atomic mass is 10.2. The first kappa shape index (κ1) is 10.4. The van der Waals surface area contributed by atoms with Crippen molar-refractivity contribution in [1.29, 1.82) is 0 Å². The van der Waals surface area contributed by atoms with E-state index in [-0.39, 0.29) is 5.56 Å². The van der Waals surface area contributed by atoms with Gasteiger partial charge in [0.25, 0.3) is 5.56 Å². The number of hydrogen-bond donors (Lipinski definition) is 1. The molecule has 4 nitrogen and oxygen atoms in total. The third-order valence-corrected chi connectivity index (χ3v) is 2.37. The number of aryl methyl sites for hydroxylation is 1. The van der Waals surface area contributed by atoms with E-state index in [1.165, 1.54) is 10.9 Å². The van der Waals surface area contributed by atoms with Gasteiger partial charge in [0.05, 0.1) is 17.2 Å². The third-order valence-electron chi connectivity index (χ3n) is 2.37. The molecule has 0 radical (unpaired) electrons. The van der Waals surface area contributed by atoms with Gasteiger partial charge in [-0.25, -0.2) is 4.98 Å². The fraction of sp³-hybridized carbons (Fsp3) is 0.167. The molecule has 0 atom stereocenters. The number of rotatable bonds is 3. The van der Waals surface area contributed by atoms with Crippen molar-refractivity contribution in [2.75, 3.05) is 11.9 Å². The molecule has 1 heterocycles. The Morgan fingerprint density at radius 1 is 1.56 bits per heavy atom. The predicted octanol–water partition coefficient (Wildman–Crippen LogP) is 1.53. The van der Waals surface area contributed by atoms with Crippen LogP contribution in [0.2, 0.25) is 0 Å². The Morgan fingerprint density at radius 2 is 2.38 bits per heavy atom. The van der Waals surface area contributed by atoms with Gasteiger partial charge in [-0.15, -0.1) is 6.58 Å². The highest BCUT2D eigenvalue weighted by molar-refractivity contribution is 5.81. The lowest BCUT2D eigenvalue weighted by Gasteiger charge is -2.05. The van der Waals surface area contributed by atoms with Crippen LogP contribution in [-0.4, -0.2) is 16.1 Å². The van der Waals surface area contributed by atoms with E-state index in [9.17, 15) is 4.79 Å². The molecule has 0 spiro atoms. The summed E-state index contributed by atoms with van der Waals surface area (Å²) >= 11 is 0. The molecule has 16 heavy (non-hydrogen) atoms. The molecule has 0 saturated carbocycles. The molecule has 1 N–H and O–H groups in total. The van der Waals surface area contributed by atoms with Crippen molar-refractivity contribution < 1.29 is 0 Å². The molecule has 0 aliphatic rings. The Hall–Kier alpha value is -2.10. The van der Waals surface area contributed by atoms with Crippen molar-refractivity contribution in [2.24, 2.45) is 7.05 Å². The molecule has 82 valence electrons. The molecule has 4 heteroatoms. The van der Waals surface area contributed by atoms with Crippen LogP contribution in [0.25, 0.3) is 10.9 Å². The minimum Gasteiger partial charge on any atom is -0.382 e. The van der Waals surface area contributed by atoms with Gasteiger partial charge in [-0.05, 0) is 18.2 Å². The zero-order valence-electron chi connectivity index (χ0n) is 9.10. The molecule has 0 aliphatic carbocycles. The molecule has 2 rings (SSSR count). The molecular formula is C12H13N3O. The molecule has 0 aliphatic heterocycles. The van der Waals surface area contributed by atoms with E-state index in [1.807, 2.05) is 18.2 Å². The van der Waals surface area contributed by atoms with Crippen LogP contribution >= 0.6 is 0 Å². The summed E-state index contributed by atoms with van der Waals surface area (Å²) in [6.45, 7) is 4.30. The Labute approximate surface area is 93.2 Å². The summed E-state index contributed by atoms with van der Waals surface area (Å²) in [5, 5.41) is 3.76. The van der Waals surface area contributed by atoms with Gasteiger partial charge in [-0.2, -0.15) is 0 Å². The highest BCUT2D eigenvalue weighted by Gasteiger charge is 2.02. The van der Waals surface area contributed by atoms with Gasteiger partial charge in [0, 0.05) is 19.3 Å². The zero-order chi connectivity index (χ0) is 11.5. The van der Waals surface area contributed by atoms with E-state index >= 15 is 0 Å². The van der Waals surface area contributed by atoms with Crippen molar-refractivity contribution in [3.63, 3.8) is 0 Å². The van der Waals surface area contributed by atoms with Gasteiger partial charge < -0.3 is 9.88 Å². The van der Waals surface area contributed by atoms with E-state index in [2.05, 4.69) is 16.9 Å². The highest BCUT2D eigenvalue weighted by Crippen LogP contribution is 2.13. The van der Waals surface area contributed by atoms with Crippen molar-refractivity contribution in [1.82, 2.24) is 9.55 Å². The maximum Gasteiger partial charge on any atom is 0.260 e. The van der Waals surface area contributed by atoms with E-state index in [0.29, 0.717) is 17.4 Å². The van der Waals surface area contributed by atoms with E-state index in [4.69, 9.17) is 0 Å². The molecular weight excluding hydrogens is 202 g/mol. The Balaban J connectivity index is 2.55. The maximum absolute atomic E-state index is 11.8. The number of aromatic nitrogens is 2. The lowest BCUT2D eigenvalue weighted by Crippen LogP contribution is -2.17. The summed E-state index contributed by atoms with van der Waals surface area (Å²) in [5.41, 5.74) is 1.58. The normalized spacial score (nSPS) is 10.3. The second-order valence-electron chi connectivity index (χ2n) is 3.56. The molecule has 1 aromatic carbocycles. The molecule has 0 fully saturated rings. The first-order chi connectivity index (χ1) is 7.72. The monoisotopic (exact) mass is 215 g/mol. The van der Waals surface area contributed by atoms with Crippen molar-refractivity contribution in [3.8, 4) is 0 Å². The minimum absolute atomic E-state index is 0.0350. The molecule has 0 bridgehead atoms.